The highest BCUT2D eigenvalue weighted by Crippen LogP contribution is 2.28. The number of fused-ring (bicyclic) bond motifs is 1. The number of carbonyl (C=O) groups is 1. The van der Waals surface area contributed by atoms with Crippen LogP contribution >= 0.6 is 0 Å². The summed E-state index contributed by atoms with van der Waals surface area (Å²) >= 11 is 0. The standard InChI is InChI=1S/C13H20N2O2/c1-12(2,3)17-11(16)15-13-7-5-4-6-10(13)8-14-9-13/h4-7,10,14H,8-9H2,1-3H3,(H,15,16). The van der Waals surface area contributed by atoms with E-state index in [0.717, 1.165) is 13.1 Å². The summed E-state index contributed by atoms with van der Waals surface area (Å²) < 4.78 is 5.31. The van der Waals surface area contributed by atoms with Gasteiger partial charge >= 0.3 is 6.09 Å². The van der Waals surface area contributed by atoms with Crippen LogP contribution in [-0.2, 0) is 4.74 Å². The zero-order valence-electron chi connectivity index (χ0n) is 10.6. The third-order valence-electron chi connectivity index (χ3n) is 3.03. The molecule has 17 heavy (non-hydrogen) atoms. The van der Waals surface area contributed by atoms with Crippen molar-refractivity contribution in [1.82, 2.24) is 10.6 Å². The first-order chi connectivity index (χ1) is 7.91. The Morgan fingerprint density at radius 1 is 1.47 bits per heavy atom. The van der Waals surface area contributed by atoms with E-state index in [0.29, 0.717) is 5.92 Å². The summed E-state index contributed by atoms with van der Waals surface area (Å²) in [4.78, 5) is 11.8. The van der Waals surface area contributed by atoms with Crippen LogP contribution in [0.2, 0.25) is 0 Å². The van der Waals surface area contributed by atoms with Gasteiger partial charge in [-0.05, 0) is 20.8 Å². The first kappa shape index (κ1) is 12.2. The molecule has 1 saturated heterocycles. The van der Waals surface area contributed by atoms with Crippen LogP contribution in [0.5, 0.6) is 0 Å². The van der Waals surface area contributed by atoms with Gasteiger partial charge in [0.1, 0.15) is 5.60 Å². The number of amides is 1. The van der Waals surface area contributed by atoms with Crippen LogP contribution in [0, 0.1) is 5.92 Å². The highest BCUT2D eigenvalue weighted by molar-refractivity contribution is 5.70. The average Bonchev–Trinajstić information content (AvgIpc) is 2.57. The van der Waals surface area contributed by atoms with E-state index in [9.17, 15) is 4.79 Å². The van der Waals surface area contributed by atoms with Crippen LogP contribution in [0.3, 0.4) is 0 Å². The third-order valence-corrected chi connectivity index (χ3v) is 3.03. The molecule has 4 heteroatoms. The number of nitrogens with one attached hydrogen (secondary N) is 2. The van der Waals surface area contributed by atoms with Gasteiger partial charge in [0.25, 0.3) is 0 Å². The molecule has 2 rings (SSSR count). The summed E-state index contributed by atoms with van der Waals surface area (Å²) in [5, 5.41) is 6.29. The highest BCUT2D eigenvalue weighted by Gasteiger charge is 2.42. The number of allylic oxidation sites excluding steroid dienone is 2. The molecule has 1 amide bonds. The molecule has 0 bridgehead atoms. The van der Waals surface area contributed by atoms with Crippen LogP contribution in [0.1, 0.15) is 20.8 Å². The summed E-state index contributed by atoms with van der Waals surface area (Å²) in [7, 11) is 0. The fourth-order valence-electron chi connectivity index (χ4n) is 2.27. The number of alkyl carbamates (subject to hydrolysis) is 1. The number of ether oxygens (including phenoxy) is 1. The summed E-state index contributed by atoms with van der Waals surface area (Å²) in [6.45, 7) is 7.23. The Morgan fingerprint density at radius 3 is 2.94 bits per heavy atom. The predicted octanol–water partition coefficient (Wildman–Crippen LogP) is 1.60. The molecule has 0 aromatic heterocycles. The lowest BCUT2D eigenvalue weighted by Crippen LogP contribution is -2.54. The monoisotopic (exact) mass is 236 g/mol. The summed E-state index contributed by atoms with van der Waals surface area (Å²) in [6, 6.07) is 0. The van der Waals surface area contributed by atoms with E-state index in [4.69, 9.17) is 4.74 Å². The van der Waals surface area contributed by atoms with Gasteiger partial charge < -0.3 is 15.4 Å². The van der Waals surface area contributed by atoms with Crippen LogP contribution in [0.25, 0.3) is 0 Å². The smallest absolute Gasteiger partial charge is 0.408 e. The molecule has 1 aliphatic carbocycles. The van der Waals surface area contributed by atoms with Gasteiger partial charge in [-0.3, -0.25) is 0 Å². The topological polar surface area (TPSA) is 50.4 Å². The minimum atomic E-state index is -0.462. The molecule has 94 valence electrons. The third kappa shape index (κ3) is 2.69. The van der Waals surface area contributed by atoms with Crippen molar-refractivity contribution in [3.63, 3.8) is 0 Å². The fraction of sp³-hybridized carbons (Fsp3) is 0.615. The molecule has 0 spiro atoms. The van der Waals surface area contributed by atoms with E-state index in [1.165, 1.54) is 0 Å². The number of hydrogen-bond acceptors (Lipinski definition) is 3. The zero-order chi connectivity index (χ0) is 12.5. The quantitative estimate of drug-likeness (QED) is 0.727. The first-order valence-electron chi connectivity index (χ1n) is 5.99. The molecule has 1 aliphatic heterocycles. The first-order valence-corrected chi connectivity index (χ1v) is 5.99. The molecule has 1 heterocycles. The molecule has 2 unspecified atom stereocenters. The fourth-order valence-corrected chi connectivity index (χ4v) is 2.27. The Hall–Kier alpha value is -1.29. The lowest BCUT2D eigenvalue weighted by Gasteiger charge is -2.33. The van der Waals surface area contributed by atoms with Gasteiger partial charge in [-0.1, -0.05) is 24.3 Å². The second-order valence-corrected chi connectivity index (χ2v) is 5.65. The SMILES string of the molecule is CC(C)(C)OC(=O)NC12C=CC=CC1CNC2. The van der Waals surface area contributed by atoms with Crippen molar-refractivity contribution in [2.24, 2.45) is 5.92 Å². The van der Waals surface area contributed by atoms with Crippen LogP contribution in [0.15, 0.2) is 24.3 Å². The Labute approximate surface area is 102 Å². The van der Waals surface area contributed by atoms with Gasteiger partial charge in [0.2, 0.25) is 0 Å². The van der Waals surface area contributed by atoms with E-state index in [1.54, 1.807) is 0 Å². The lowest BCUT2D eigenvalue weighted by atomic mass is 9.84. The Kier molecular flexibility index (Phi) is 3.00. The molecular weight excluding hydrogens is 216 g/mol. The van der Waals surface area contributed by atoms with Crippen LogP contribution in [0.4, 0.5) is 4.79 Å². The molecule has 4 nitrogen and oxygen atoms in total. The van der Waals surface area contributed by atoms with Crippen molar-refractivity contribution >= 4 is 6.09 Å². The largest absolute Gasteiger partial charge is 0.444 e. The Bertz CT molecular complexity index is 368. The Morgan fingerprint density at radius 2 is 2.24 bits per heavy atom. The van der Waals surface area contributed by atoms with Crippen LogP contribution in [-0.4, -0.2) is 30.3 Å². The van der Waals surface area contributed by atoms with E-state index in [1.807, 2.05) is 39.0 Å². The van der Waals surface area contributed by atoms with Crippen LogP contribution < -0.4 is 10.6 Å². The van der Waals surface area contributed by atoms with Gasteiger partial charge in [0, 0.05) is 19.0 Å². The van der Waals surface area contributed by atoms with E-state index >= 15 is 0 Å². The summed E-state index contributed by atoms with van der Waals surface area (Å²) in [6.07, 6.45) is 7.80. The van der Waals surface area contributed by atoms with Gasteiger partial charge in [-0.25, -0.2) is 4.79 Å². The van der Waals surface area contributed by atoms with Gasteiger partial charge in [0.15, 0.2) is 0 Å². The van der Waals surface area contributed by atoms with Gasteiger partial charge in [0.05, 0.1) is 5.54 Å². The number of hydrogen-bond donors (Lipinski definition) is 2. The van der Waals surface area contributed by atoms with Gasteiger partial charge in [-0.2, -0.15) is 0 Å². The number of carbonyl (C=O) groups excluding carboxylic acids is 1. The maximum absolute atomic E-state index is 11.8. The van der Waals surface area contributed by atoms with E-state index in [-0.39, 0.29) is 11.6 Å². The highest BCUT2D eigenvalue weighted by atomic mass is 16.6. The molecule has 0 aromatic carbocycles. The van der Waals surface area contributed by atoms with Crippen molar-refractivity contribution in [3.8, 4) is 0 Å². The molecule has 2 N–H and O–H groups in total. The van der Waals surface area contributed by atoms with E-state index in [2.05, 4.69) is 16.7 Å². The average molecular weight is 236 g/mol. The van der Waals surface area contributed by atoms with Crippen molar-refractivity contribution in [1.29, 1.82) is 0 Å². The maximum Gasteiger partial charge on any atom is 0.408 e. The van der Waals surface area contributed by atoms with Crippen molar-refractivity contribution < 1.29 is 9.53 Å². The van der Waals surface area contributed by atoms with Gasteiger partial charge in [-0.15, -0.1) is 0 Å². The normalized spacial score (nSPS) is 31.1. The summed E-state index contributed by atoms with van der Waals surface area (Å²) in [5.74, 6) is 0.306. The minimum absolute atomic E-state index is 0.306. The molecule has 2 atom stereocenters. The molecule has 2 aliphatic rings. The molecular formula is C13H20N2O2. The molecule has 0 saturated carbocycles. The van der Waals surface area contributed by atoms with Crippen molar-refractivity contribution in [2.45, 2.75) is 31.9 Å². The Balaban J connectivity index is 2.04. The second kappa shape index (κ2) is 4.18. The minimum Gasteiger partial charge on any atom is -0.444 e. The van der Waals surface area contributed by atoms with Crippen molar-refractivity contribution in [2.75, 3.05) is 13.1 Å². The van der Waals surface area contributed by atoms with E-state index < -0.39 is 5.60 Å². The zero-order valence-corrected chi connectivity index (χ0v) is 10.6. The molecule has 1 fully saturated rings. The maximum atomic E-state index is 11.8. The second-order valence-electron chi connectivity index (χ2n) is 5.65. The lowest BCUT2D eigenvalue weighted by molar-refractivity contribution is 0.0473. The summed E-state index contributed by atoms with van der Waals surface area (Å²) in [5.41, 5.74) is -0.784. The molecule has 0 radical (unpaired) electrons. The number of rotatable bonds is 1. The predicted molar refractivity (Wildman–Crippen MR) is 66.7 cm³/mol. The molecule has 0 aromatic rings. The van der Waals surface area contributed by atoms with Crippen molar-refractivity contribution in [3.05, 3.63) is 24.3 Å².